The van der Waals surface area contributed by atoms with Crippen molar-refractivity contribution in [3.63, 3.8) is 0 Å². The first-order chi connectivity index (χ1) is 30.8. The van der Waals surface area contributed by atoms with Crippen LogP contribution in [0.25, 0.3) is 0 Å². The van der Waals surface area contributed by atoms with Gasteiger partial charge in [-0.3, -0.25) is 9.59 Å². The van der Waals surface area contributed by atoms with E-state index in [4.69, 9.17) is 27.9 Å². The minimum atomic E-state index is -0.561. The number of rotatable bonds is 13. The van der Waals surface area contributed by atoms with Gasteiger partial charge in [0.05, 0.1) is 12.7 Å². The summed E-state index contributed by atoms with van der Waals surface area (Å²) in [6, 6.07) is 14.6. The van der Waals surface area contributed by atoms with Gasteiger partial charge in [0.2, 0.25) is 11.8 Å². The monoisotopic (exact) mass is 919 g/mol. The lowest BCUT2D eigenvalue weighted by atomic mass is 9.96. The third-order valence-electron chi connectivity index (χ3n) is 11.4. The molecule has 3 aliphatic rings. The number of aromatic nitrogens is 4. The second kappa shape index (κ2) is 23.7. The molecule has 5 N–H and O–H groups in total. The number of imidazole rings is 2. The number of benzene rings is 2. The van der Waals surface area contributed by atoms with Gasteiger partial charge in [0.15, 0.2) is 0 Å². The summed E-state index contributed by atoms with van der Waals surface area (Å²) in [6.07, 6.45) is 13.8. The van der Waals surface area contributed by atoms with Crippen LogP contribution in [-0.2, 0) is 40.3 Å². The first-order valence-electron chi connectivity index (χ1n) is 22.3. The highest BCUT2D eigenvalue weighted by atomic mass is 35.5. The Morgan fingerprint density at radius 1 is 0.766 bits per heavy atom. The number of carbonyl (C=O) groups excluding carboxylic acids is 4. The van der Waals surface area contributed by atoms with Crippen LogP contribution in [0.1, 0.15) is 75.4 Å². The van der Waals surface area contributed by atoms with Crippen molar-refractivity contribution < 1.29 is 23.9 Å². The van der Waals surface area contributed by atoms with E-state index in [9.17, 15) is 19.2 Å². The van der Waals surface area contributed by atoms with Gasteiger partial charge in [0.1, 0.15) is 17.7 Å². The number of halogens is 2. The Hall–Kier alpha value is -5.16. The van der Waals surface area contributed by atoms with E-state index in [1.54, 1.807) is 22.5 Å². The topological polar surface area (TPSA) is 180 Å². The molecule has 4 aromatic rings. The molecule has 0 unspecified atom stereocenters. The van der Waals surface area contributed by atoms with Gasteiger partial charge in [-0.15, -0.1) is 0 Å². The molecule has 346 valence electrons. The first kappa shape index (κ1) is 48.3. The van der Waals surface area contributed by atoms with E-state index in [2.05, 4.69) is 45.7 Å². The summed E-state index contributed by atoms with van der Waals surface area (Å²) in [5.41, 5.74) is 3.77. The highest BCUT2D eigenvalue weighted by molar-refractivity contribution is 6.30. The second-order valence-electron chi connectivity index (χ2n) is 17.5. The van der Waals surface area contributed by atoms with E-state index >= 15 is 0 Å². The molecular formula is C46H63Cl2N11O5. The molecule has 0 spiro atoms. The van der Waals surface area contributed by atoms with Crippen molar-refractivity contribution in [1.29, 1.82) is 0 Å². The number of nitrogens with zero attached hydrogens (tertiary/aromatic N) is 6. The number of nitrogens with one attached hydrogen (secondary N) is 5. The average Bonchev–Trinajstić information content (AvgIpc) is 3.93. The van der Waals surface area contributed by atoms with E-state index in [0.717, 1.165) is 48.2 Å². The van der Waals surface area contributed by atoms with Crippen molar-refractivity contribution in [2.45, 2.75) is 103 Å². The molecule has 64 heavy (non-hydrogen) atoms. The lowest BCUT2D eigenvalue weighted by molar-refractivity contribution is -0.126. The van der Waals surface area contributed by atoms with Crippen molar-refractivity contribution in [1.82, 2.24) is 55.5 Å². The average molecular weight is 921 g/mol. The fraction of sp³-hybridized carbons (Fsp3) is 0.522. The Balaban J connectivity index is 0.000000213. The fourth-order valence-electron chi connectivity index (χ4n) is 7.94. The van der Waals surface area contributed by atoms with Crippen LogP contribution >= 0.6 is 23.2 Å². The van der Waals surface area contributed by atoms with Crippen LogP contribution in [-0.4, -0.2) is 129 Å². The Kier molecular flexibility index (Phi) is 17.9. The minimum Gasteiger partial charge on any atom is -0.444 e. The van der Waals surface area contributed by atoms with Gasteiger partial charge >= 0.3 is 12.1 Å². The highest BCUT2D eigenvalue weighted by Crippen LogP contribution is 2.19. The first-order valence-corrected chi connectivity index (χ1v) is 23.1. The van der Waals surface area contributed by atoms with Gasteiger partial charge in [-0.25, -0.2) is 19.6 Å². The van der Waals surface area contributed by atoms with Gasteiger partial charge < -0.3 is 50.3 Å². The maximum atomic E-state index is 12.9. The zero-order chi connectivity index (χ0) is 45.5. The van der Waals surface area contributed by atoms with Crippen LogP contribution in [0.2, 0.25) is 10.0 Å². The molecule has 18 heteroatoms. The summed E-state index contributed by atoms with van der Waals surface area (Å²) in [5.74, 6) is -0.248. The SMILES string of the molecule is CC(C)(C)OC(=O)N1CCN[C@@H](C(=O)NCCc2cncn2Cc2ccc(Cl)cc2)C1.O=C(NCCc1cncn1Cc1ccc(Cl)cc1)[C@H]1CNCCN1C(=O)NC1CCCCC1. The number of urea groups is 1. The summed E-state index contributed by atoms with van der Waals surface area (Å²) in [5, 5.41) is 17.0. The maximum absolute atomic E-state index is 12.9. The van der Waals surface area contributed by atoms with Crippen molar-refractivity contribution in [3.8, 4) is 0 Å². The highest BCUT2D eigenvalue weighted by Gasteiger charge is 2.33. The van der Waals surface area contributed by atoms with E-state index in [-0.39, 0.29) is 30.4 Å². The van der Waals surface area contributed by atoms with Crippen molar-refractivity contribution in [2.24, 2.45) is 0 Å². The third kappa shape index (κ3) is 15.0. The number of piperazine rings is 2. The number of ether oxygens (including phenoxy) is 1. The van der Waals surface area contributed by atoms with Crippen molar-refractivity contribution >= 4 is 47.1 Å². The summed E-state index contributed by atoms with van der Waals surface area (Å²) in [6.45, 7) is 10.9. The molecule has 5 amide bonds. The molecule has 7 rings (SSSR count). The normalized spacial score (nSPS) is 18.1. The Labute approximate surface area is 386 Å². The molecule has 0 radical (unpaired) electrons. The van der Waals surface area contributed by atoms with Crippen LogP contribution in [0.15, 0.2) is 73.6 Å². The van der Waals surface area contributed by atoms with Gasteiger partial charge in [-0.1, -0.05) is 66.7 Å². The molecule has 1 aliphatic carbocycles. The van der Waals surface area contributed by atoms with Crippen molar-refractivity contribution in [2.75, 3.05) is 52.4 Å². The van der Waals surface area contributed by atoms with Crippen molar-refractivity contribution in [3.05, 3.63) is 106 Å². The van der Waals surface area contributed by atoms with E-state index in [1.165, 1.54) is 6.42 Å². The molecule has 2 aromatic carbocycles. The standard InChI is InChI=1S/C24H33ClN6O2.C22H30ClN5O3/c25-19-8-6-18(7-9-19)16-30-17-27-14-21(30)10-11-28-23(32)22-15-26-12-13-31(22)24(33)29-20-4-2-1-3-5-20;1-22(2,3)31-21(30)27-11-10-25-19(14-27)20(29)26-9-8-18-12-24-15-28(18)13-16-4-6-17(23)7-5-16/h6-9,14,17,20,22,26H,1-5,10-13,15-16H2,(H,28,32)(H,29,33);4-7,12,15,19,25H,8-11,13-14H2,1-3H3,(H,26,29)/t22-;19-/m11/s1. The predicted octanol–water partition coefficient (Wildman–Crippen LogP) is 5.01. The van der Waals surface area contributed by atoms with Gasteiger partial charge in [-0.2, -0.15) is 0 Å². The van der Waals surface area contributed by atoms with Gasteiger partial charge in [0.25, 0.3) is 0 Å². The second-order valence-corrected chi connectivity index (χ2v) is 18.4. The summed E-state index contributed by atoms with van der Waals surface area (Å²) in [7, 11) is 0. The largest absolute Gasteiger partial charge is 0.444 e. The molecule has 2 aromatic heterocycles. The predicted molar refractivity (Wildman–Crippen MR) is 247 cm³/mol. The Morgan fingerprint density at radius 2 is 1.33 bits per heavy atom. The summed E-state index contributed by atoms with van der Waals surface area (Å²) < 4.78 is 9.54. The Bertz CT molecular complexity index is 2120. The molecule has 2 saturated heterocycles. The molecule has 2 atom stereocenters. The quantitative estimate of drug-likeness (QED) is 0.123. The zero-order valence-electron chi connectivity index (χ0n) is 37.2. The molecule has 1 saturated carbocycles. The smallest absolute Gasteiger partial charge is 0.410 e. The number of hydrogen-bond donors (Lipinski definition) is 5. The van der Waals surface area contributed by atoms with Crippen LogP contribution in [0.4, 0.5) is 9.59 Å². The van der Waals surface area contributed by atoms with Crippen LogP contribution < -0.4 is 26.6 Å². The molecule has 2 aliphatic heterocycles. The number of carbonyl (C=O) groups is 4. The molecule has 4 heterocycles. The van der Waals surface area contributed by atoms with Gasteiger partial charge in [0, 0.05) is 118 Å². The third-order valence-corrected chi connectivity index (χ3v) is 11.9. The molecule has 16 nitrogen and oxygen atoms in total. The zero-order valence-corrected chi connectivity index (χ0v) is 38.7. The van der Waals surface area contributed by atoms with E-state index in [0.29, 0.717) is 81.8 Å². The van der Waals surface area contributed by atoms with E-state index < -0.39 is 23.8 Å². The lowest BCUT2D eigenvalue weighted by Crippen LogP contribution is -2.62. The lowest BCUT2D eigenvalue weighted by Gasteiger charge is -2.36. The molecule has 3 fully saturated rings. The number of hydrogen-bond acceptors (Lipinski definition) is 9. The molecular weight excluding hydrogens is 857 g/mol. The van der Waals surface area contributed by atoms with Crippen LogP contribution in [0, 0.1) is 0 Å². The number of amides is 5. The van der Waals surface area contributed by atoms with Gasteiger partial charge in [-0.05, 0) is 69.0 Å². The minimum absolute atomic E-state index is 0.121. The summed E-state index contributed by atoms with van der Waals surface area (Å²) in [4.78, 5) is 62.5. The van der Waals surface area contributed by atoms with Crippen LogP contribution in [0.5, 0.6) is 0 Å². The summed E-state index contributed by atoms with van der Waals surface area (Å²) >= 11 is 11.9. The maximum Gasteiger partial charge on any atom is 0.410 e. The fourth-order valence-corrected chi connectivity index (χ4v) is 8.19. The van der Waals surface area contributed by atoms with Crippen LogP contribution in [0.3, 0.4) is 0 Å². The van der Waals surface area contributed by atoms with E-state index in [1.807, 2.05) is 81.7 Å². The molecule has 0 bridgehead atoms. The Morgan fingerprint density at radius 3 is 1.89 bits per heavy atom.